The third kappa shape index (κ3) is 4.24. The Kier molecular flexibility index (Phi) is 5.45. The van der Waals surface area contributed by atoms with Crippen LogP contribution in [-0.2, 0) is 0 Å². The van der Waals surface area contributed by atoms with E-state index in [1.54, 1.807) is 25.2 Å². The first-order chi connectivity index (χ1) is 12.1. The minimum Gasteiger partial charge on any atom is -0.387 e. The number of nitrogens with one attached hydrogen (secondary N) is 1. The number of rotatable bonds is 5. The number of hydrogen-bond acceptors (Lipinski definition) is 4. The number of aromatic nitrogens is 2. The number of benzene rings is 1. The second-order valence-corrected chi connectivity index (χ2v) is 6.38. The van der Waals surface area contributed by atoms with Gasteiger partial charge >= 0.3 is 0 Å². The molecule has 1 aliphatic rings. The van der Waals surface area contributed by atoms with Crippen molar-refractivity contribution in [1.29, 1.82) is 0 Å². The topological polar surface area (TPSA) is 70.4 Å². The standard InChI is InChI=1S/C18H23FN4O2/c1-20-18(25)16-8-10-23(21-16)15-3-2-9-22(11-15)12-17(24)13-4-6-14(19)7-5-13/h4-8,10,15,17,24H,2-3,9,11-12H2,1H3,(H,20,25)/t15-,17-/m0/s1. The number of likely N-dealkylation sites (tertiary alicyclic amines) is 1. The van der Waals surface area contributed by atoms with Crippen LogP contribution >= 0.6 is 0 Å². The average molecular weight is 346 g/mol. The predicted molar refractivity (Wildman–Crippen MR) is 91.7 cm³/mol. The van der Waals surface area contributed by atoms with Crippen LogP contribution in [0.3, 0.4) is 0 Å². The summed E-state index contributed by atoms with van der Waals surface area (Å²) in [5.41, 5.74) is 1.12. The molecule has 0 saturated carbocycles. The fraction of sp³-hybridized carbons (Fsp3) is 0.444. The van der Waals surface area contributed by atoms with Gasteiger partial charge in [-0.25, -0.2) is 4.39 Å². The number of nitrogens with zero attached hydrogens (tertiary/aromatic N) is 3. The fourth-order valence-electron chi connectivity index (χ4n) is 3.24. The summed E-state index contributed by atoms with van der Waals surface area (Å²) in [6.45, 7) is 2.15. The molecule has 134 valence electrons. The molecule has 2 N–H and O–H groups in total. The lowest BCUT2D eigenvalue weighted by molar-refractivity contribution is 0.0836. The molecule has 1 saturated heterocycles. The fourth-order valence-corrected chi connectivity index (χ4v) is 3.24. The van der Waals surface area contributed by atoms with Gasteiger partial charge in [-0.15, -0.1) is 0 Å². The first kappa shape index (κ1) is 17.6. The average Bonchev–Trinajstić information content (AvgIpc) is 3.12. The van der Waals surface area contributed by atoms with E-state index in [9.17, 15) is 14.3 Å². The van der Waals surface area contributed by atoms with E-state index in [4.69, 9.17) is 0 Å². The molecule has 7 heteroatoms. The van der Waals surface area contributed by atoms with Gasteiger partial charge in [0, 0.05) is 26.3 Å². The summed E-state index contributed by atoms with van der Waals surface area (Å²) in [4.78, 5) is 13.8. The molecular weight excluding hydrogens is 323 g/mol. The SMILES string of the molecule is CNC(=O)c1ccn([C@H]2CCCN(C[C@H](O)c3ccc(F)cc3)C2)n1. The highest BCUT2D eigenvalue weighted by atomic mass is 19.1. The Morgan fingerprint density at radius 2 is 2.16 bits per heavy atom. The number of piperidine rings is 1. The molecule has 6 nitrogen and oxygen atoms in total. The van der Waals surface area contributed by atoms with Crippen molar-refractivity contribution in [2.24, 2.45) is 0 Å². The molecule has 0 unspecified atom stereocenters. The Balaban J connectivity index is 1.62. The van der Waals surface area contributed by atoms with E-state index in [-0.39, 0.29) is 17.8 Å². The second-order valence-electron chi connectivity index (χ2n) is 6.38. The lowest BCUT2D eigenvalue weighted by atomic mass is 10.0. The highest BCUT2D eigenvalue weighted by Gasteiger charge is 2.24. The van der Waals surface area contributed by atoms with Crippen molar-refractivity contribution in [3.63, 3.8) is 0 Å². The number of β-amino-alcohol motifs (C(OH)–C–C–N with tert-alkyl or cyclic N) is 1. The summed E-state index contributed by atoms with van der Waals surface area (Å²) in [6, 6.07) is 7.84. The maximum atomic E-state index is 13.0. The number of amides is 1. The van der Waals surface area contributed by atoms with Crippen molar-refractivity contribution in [2.45, 2.75) is 25.0 Å². The van der Waals surface area contributed by atoms with Crippen molar-refractivity contribution >= 4 is 5.91 Å². The maximum Gasteiger partial charge on any atom is 0.271 e. The van der Waals surface area contributed by atoms with Gasteiger partial charge in [0.15, 0.2) is 0 Å². The lowest BCUT2D eigenvalue weighted by Gasteiger charge is -2.34. The van der Waals surface area contributed by atoms with Crippen LogP contribution in [0, 0.1) is 5.82 Å². The third-order valence-electron chi connectivity index (χ3n) is 4.61. The van der Waals surface area contributed by atoms with Crippen LogP contribution in [0.15, 0.2) is 36.5 Å². The molecule has 2 atom stereocenters. The first-order valence-corrected chi connectivity index (χ1v) is 8.50. The molecule has 0 radical (unpaired) electrons. The van der Waals surface area contributed by atoms with Crippen LogP contribution in [0.25, 0.3) is 0 Å². The maximum absolute atomic E-state index is 13.0. The van der Waals surface area contributed by atoms with Crippen molar-refractivity contribution in [3.8, 4) is 0 Å². The van der Waals surface area contributed by atoms with Crippen molar-refractivity contribution < 1.29 is 14.3 Å². The number of aliphatic hydroxyl groups is 1. The van der Waals surface area contributed by atoms with Crippen LogP contribution in [0.4, 0.5) is 4.39 Å². The minimum atomic E-state index is -0.654. The quantitative estimate of drug-likeness (QED) is 0.865. The van der Waals surface area contributed by atoms with Gasteiger partial charge in [-0.05, 0) is 43.1 Å². The van der Waals surface area contributed by atoms with E-state index in [0.717, 1.165) is 25.9 Å². The zero-order chi connectivity index (χ0) is 17.8. The van der Waals surface area contributed by atoms with Crippen molar-refractivity contribution in [1.82, 2.24) is 20.0 Å². The molecule has 0 bridgehead atoms. The Morgan fingerprint density at radius 1 is 1.40 bits per heavy atom. The Hall–Kier alpha value is -2.25. The normalized spacial score (nSPS) is 19.6. The van der Waals surface area contributed by atoms with Crippen LogP contribution in [0.1, 0.15) is 41.0 Å². The van der Waals surface area contributed by atoms with Crippen LogP contribution in [0.5, 0.6) is 0 Å². The molecule has 25 heavy (non-hydrogen) atoms. The molecule has 1 aromatic carbocycles. The summed E-state index contributed by atoms with van der Waals surface area (Å²) in [6.07, 6.45) is 3.15. The summed E-state index contributed by atoms with van der Waals surface area (Å²) in [7, 11) is 1.58. The molecule has 2 heterocycles. The minimum absolute atomic E-state index is 0.174. The molecule has 0 spiro atoms. The van der Waals surface area contributed by atoms with Gasteiger partial charge in [-0.1, -0.05) is 12.1 Å². The van der Waals surface area contributed by atoms with Gasteiger partial charge in [-0.3, -0.25) is 14.4 Å². The molecule has 3 rings (SSSR count). The Labute approximate surface area is 146 Å². The van der Waals surface area contributed by atoms with Crippen LogP contribution in [-0.4, -0.2) is 52.4 Å². The number of carbonyl (C=O) groups excluding carboxylic acids is 1. The van der Waals surface area contributed by atoms with Gasteiger partial charge in [-0.2, -0.15) is 5.10 Å². The lowest BCUT2D eigenvalue weighted by Crippen LogP contribution is -2.39. The third-order valence-corrected chi connectivity index (χ3v) is 4.61. The number of halogens is 1. The van der Waals surface area contributed by atoms with Crippen LogP contribution < -0.4 is 5.32 Å². The summed E-state index contributed by atoms with van der Waals surface area (Å²) < 4.78 is 14.8. The molecular formula is C18H23FN4O2. The molecule has 2 aromatic rings. The van der Waals surface area contributed by atoms with Gasteiger partial charge in [0.25, 0.3) is 5.91 Å². The van der Waals surface area contributed by atoms with Gasteiger partial charge in [0.05, 0.1) is 12.1 Å². The van der Waals surface area contributed by atoms with E-state index >= 15 is 0 Å². The van der Waals surface area contributed by atoms with E-state index < -0.39 is 6.10 Å². The molecule has 1 aliphatic heterocycles. The summed E-state index contributed by atoms with van der Waals surface area (Å²) >= 11 is 0. The predicted octanol–water partition coefficient (Wildman–Crippen LogP) is 1.75. The highest BCUT2D eigenvalue weighted by molar-refractivity contribution is 5.91. The van der Waals surface area contributed by atoms with E-state index in [1.165, 1.54) is 12.1 Å². The summed E-state index contributed by atoms with van der Waals surface area (Å²) in [5, 5.41) is 17.3. The first-order valence-electron chi connectivity index (χ1n) is 8.50. The van der Waals surface area contributed by atoms with Gasteiger partial charge in [0.2, 0.25) is 0 Å². The molecule has 1 fully saturated rings. The van der Waals surface area contributed by atoms with Crippen LogP contribution in [0.2, 0.25) is 0 Å². The number of carbonyl (C=O) groups is 1. The Bertz CT molecular complexity index is 716. The number of aliphatic hydroxyl groups excluding tert-OH is 1. The van der Waals surface area contributed by atoms with Gasteiger partial charge < -0.3 is 10.4 Å². The van der Waals surface area contributed by atoms with Crippen molar-refractivity contribution in [2.75, 3.05) is 26.7 Å². The van der Waals surface area contributed by atoms with E-state index in [0.29, 0.717) is 17.8 Å². The molecule has 1 aromatic heterocycles. The summed E-state index contributed by atoms with van der Waals surface area (Å²) in [5.74, 6) is -0.502. The zero-order valence-corrected chi connectivity index (χ0v) is 14.2. The second kappa shape index (κ2) is 7.76. The largest absolute Gasteiger partial charge is 0.387 e. The van der Waals surface area contributed by atoms with E-state index in [1.807, 2.05) is 10.9 Å². The highest BCUT2D eigenvalue weighted by Crippen LogP contribution is 2.23. The molecule has 0 aliphatic carbocycles. The van der Waals surface area contributed by atoms with Gasteiger partial charge in [0.1, 0.15) is 11.5 Å². The molecule has 1 amide bonds. The zero-order valence-electron chi connectivity index (χ0n) is 14.2. The number of hydrogen-bond donors (Lipinski definition) is 2. The Morgan fingerprint density at radius 3 is 2.88 bits per heavy atom. The monoisotopic (exact) mass is 346 g/mol. The smallest absolute Gasteiger partial charge is 0.271 e. The van der Waals surface area contributed by atoms with E-state index in [2.05, 4.69) is 15.3 Å². The van der Waals surface area contributed by atoms with Crippen molar-refractivity contribution in [3.05, 3.63) is 53.6 Å².